The van der Waals surface area contributed by atoms with E-state index in [-0.39, 0.29) is 0 Å². The third-order valence-corrected chi connectivity index (χ3v) is 6.54. The van der Waals surface area contributed by atoms with Crippen LogP contribution in [0.25, 0.3) is 0 Å². The molecule has 0 aromatic carbocycles. The molecule has 2 aliphatic rings. The van der Waals surface area contributed by atoms with Crippen molar-refractivity contribution in [2.45, 2.75) is 64.5 Å². The van der Waals surface area contributed by atoms with E-state index in [4.69, 9.17) is 11.6 Å². The van der Waals surface area contributed by atoms with Crippen molar-refractivity contribution < 1.29 is 0 Å². The lowest BCUT2D eigenvalue weighted by molar-refractivity contribution is 0.152. The number of likely N-dealkylation sites (tertiary alicyclic amines) is 1. The van der Waals surface area contributed by atoms with Crippen LogP contribution in [0.3, 0.4) is 0 Å². The van der Waals surface area contributed by atoms with Crippen LogP contribution in [0.4, 0.5) is 5.82 Å². The van der Waals surface area contributed by atoms with Crippen LogP contribution in [-0.4, -0.2) is 34.6 Å². The van der Waals surface area contributed by atoms with Gasteiger partial charge in [0.1, 0.15) is 11.0 Å². The molecule has 3 rings (SSSR count). The average Bonchev–Trinajstić information content (AvgIpc) is 2.97. The number of nitrogens with one attached hydrogen (secondary N) is 1. The highest BCUT2D eigenvalue weighted by Gasteiger charge is 2.35. The zero-order chi connectivity index (χ0) is 17.3. The summed E-state index contributed by atoms with van der Waals surface area (Å²) in [6, 6.07) is 4.52. The number of rotatable bonds is 3. The molecular weight excluding hydrogens is 433 g/mol. The molecule has 0 spiro atoms. The zero-order valence-corrected chi connectivity index (χ0v) is 17.9. The fourth-order valence-corrected chi connectivity index (χ4v) is 5.25. The van der Waals surface area contributed by atoms with Crippen molar-refractivity contribution in [2.24, 2.45) is 11.8 Å². The summed E-state index contributed by atoms with van der Waals surface area (Å²) in [5.74, 6) is 2.73. The Morgan fingerprint density at radius 2 is 1.83 bits per heavy atom. The molecule has 0 radical (unpaired) electrons. The van der Waals surface area contributed by atoms with Gasteiger partial charge in [0, 0.05) is 21.7 Å². The topological polar surface area (TPSA) is 28.2 Å². The largest absolute Gasteiger partial charge is 0.367 e. The standard InChI is InChI=1S/C19H29ClIN3/c1-19(2,3)24-9-8-14(12-24)13-4-6-16(7-5-13)22-18-11-15(21)10-17(20)23-18/h10-11,13-14,16H,4-9,12H2,1-3H3,(H,22,23). The highest BCUT2D eigenvalue weighted by atomic mass is 127. The van der Waals surface area contributed by atoms with Crippen molar-refractivity contribution in [2.75, 3.05) is 18.4 Å². The highest BCUT2D eigenvalue weighted by Crippen LogP contribution is 2.37. The first-order valence-electron chi connectivity index (χ1n) is 9.16. The van der Waals surface area contributed by atoms with Gasteiger partial charge < -0.3 is 5.32 Å². The Morgan fingerprint density at radius 1 is 1.12 bits per heavy atom. The maximum atomic E-state index is 6.07. The normalized spacial score (nSPS) is 29.0. The minimum Gasteiger partial charge on any atom is -0.367 e. The van der Waals surface area contributed by atoms with Crippen LogP contribution < -0.4 is 5.32 Å². The summed E-state index contributed by atoms with van der Waals surface area (Å²) in [6.45, 7) is 9.60. The molecule has 24 heavy (non-hydrogen) atoms. The summed E-state index contributed by atoms with van der Waals surface area (Å²) in [7, 11) is 0. The SMILES string of the molecule is CC(C)(C)N1CCC(C2CCC(Nc3cc(I)cc(Cl)n3)CC2)C1. The van der Waals surface area contributed by atoms with Gasteiger partial charge in [-0.05, 0) is 106 Å². The van der Waals surface area contributed by atoms with Crippen LogP contribution >= 0.6 is 34.2 Å². The third-order valence-electron chi connectivity index (χ3n) is 5.72. The van der Waals surface area contributed by atoms with E-state index in [0.29, 0.717) is 16.7 Å². The first-order valence-corrected chi connectivity index (χ1v) is 10.6. The lowest BCUT2D eigenvalue weighted by Gasteiger charge is -2.35. The predicted octanol–water partition coefficient (Wildman–Crippen LogP) is 5.43. The second-order valence-corrected chi connectivity index (χ2v) is 10.0. The Bertz CT molecular complexity index is 544. The first kappa shape index (κ1) is 18.7. The van der Waals surface area contributed by atoms with Gasteiger partial charge in [0.25, 0.3) is 0 Å². The van der Waals surface area contributed by atoms with Crippen molar-refractivity contribution in [3.05, 3.63) is 20.9 Å². The molecule has 0 bridgehead atoms. The molecule has 0 amide bonds. The van der Waals surface area contributed by atoms with Crippen LogP contribution in [-0.2, 0) is 0 Å². The van der Waals surface area contributed by atoms with E-state index < -0.39 is 0 Å². The average molecular weight is 462 g/mol. The van der Waals surface area contributed by atoms with Gasteiger partial charge in [0.15, 0.2) is 0 Å². The first-order chi connectivity index (χ1) is 11.3. The van der Waals surface area contributed by atoms with Gasteiger partial charge in [-0.15, -0.1) is 0 Å². The number of hydrogen-bond donors (Lipinski definition) is 1. The van der Waals surface area contributed by atoms with Gasteiger partial charge in [-0.1, -0.05) is 11.6 Å². The Hall–Kier alpha value is -0.0700. The molecule has 2 heterocycles. The van der Waals surface area contributed by atoms with E-state index in [0.717, 1.165) is 21.2 Å². The molecule has 2 fully saturated rings. The fraction of sp³-hybridized carbons (Fsp3) is 0.737. The van der Waals surface area contributed by atoms with E-state index in [1.54, 1.807) is 0 Å². The van der Waals surface area contributed by atoms with Crippen molar-refractivity contribution in [1.82, 2.24) is 9.88 Å². The number of anilines is 1. The second-order valence-electron chi connectivity index (χ2n) is 8.41. The van der Waals surface area contributed by atoms with Crippen LogP contribution in [0.15, 0.2) is 12.1 Å². The Balaban J connectivity index is 1.49. The summed E-state index contributed by atoms with van der Waals surface area (Å²) < 4.78 is 1.14. The van der Waals surface area contributed by atoms with Gasteiger partial charge in [-0.25, -0.2) is 4.98 Å². The molecule has 5 heteroatoms. The number of halogens is 2. The van der Waals surface area contributed by atoms with Crippen molar-refractivity contribution >= 4 is 40.0 Å². The monoisotopic (exact) mass is 461 g/mol. The van der Waals surface area contributed by atoms with Gasteiger partial charge in [-0.2, -0.15) is 0 Å². The van der Waals surface area contributed by atoms with E-state index in [2.05, 4.69) is 64.6 Å². The fourth-order valence-electron chi connectivity index (χ4n) is 4.27. The van der Waals surface area contributed by atoms with Crippen molar-refractivity contribution in [3.8, 4) is 0 Å². The van der Waals surface area contributed by atoms with E-state index >= 15 is 0 Å². The summed E-state index contributed by atoms with van der Waals surface area (Å²) in [5.41, 5.74) is 0.322. The molecule has 1 aliphatic carbocycles. The molecule has 1 aromatic rings. The maximum Gasteiger partial charge on any atom is 0.132 e. The van der Waals surface area contributed by atoms with E-state index in [1.165, 1.54) is 45.2 Å². The van der Waals surface area contributed by atoms with E-state index in [9.17, 15) is 0 Å². The predicted molar refractivity (Wildman–Crippen MR) is 111 cm³/mol. The minimum atomic E-state index is 0.322. The van der Waals surface area contributed by atoms with Crippen LogP contribution in [0, 0.1) is 15.4 Å². The molecule has 1 aliphatic heterocycles. The summed E-state index contributed by atoms with van der Waals surface area (Å²) in [6.07, 6.45) is 6.58. The smallest absolute Gasteiger partial charge is 0.132 e. The minimum absolute atomic E-state index is 0.322. The quantitative estimate of drug-likeness (QED) is 0.480. The number of aromatic nitrogens is 1. The maximum absolute atomic E-state index is 6.07. The van der Waals surface area contributed by atoms with Crippen molar-refractivity contribution in [1.29, 1.82) is 0 Å². The lowest BCUT2D eigenvalue weighted by atomic mass is 9.78. The van der Waals surface area contributed by atoms with E-state index in [1.807, 2.05) is 6.07 Å². The van der Waals surface area contributed by atoms with Gasteiger partial charge in [0.05, 0.1) is 0 Å². The van der Waals surface area contributed by atoms with Crippen LogP contribution in [0.5, 0.6) is 0 Å². The van der Waals surface area contributed by atoms with Gasteiger partial charge in [-0.3, -0.25) is 4.90 Å². The Morgan fingerprint density at radius 3 is 2.42 bits per heavy atom. The summed E-state index contributed by atoms with van der Waals surface area (Å²) >= 11 is 8.36. The number of pyridine rings is 1. The second kappa shape index (κ2) is 7.67. The summed E-state index contributed by atoms with van der Waals surface area (Å²) in [4.78, 5) is 7.07. The van der Waals surface area contributed by atoms with Crippen molar-refractivity contribution in [3.63, 3.8) is 0 Å². The van der Waals surface area contributed by atoms with Crippen LogP contribution in [0.1, 0.15) is 52.9 Å². The molecule has 1 atom stereocenters. The molecule has 3 nitrogen and oxygen atoms in total. The Kier molecular flexibility index (Phi) is 5.98. The molecule has 1 N–H and O–H groups in total. The number of nitrogens with zero attached hydrogens (tertiary/aromatic N) is 2. The third kappa shape index (κ3) is 4.76. The van der Waals surface area contributed by atoms with Gasteiger partial charge >= 0.3 is 0 Å². The molecule has 1 saturated heterocycles. The van der Waals surface area contributed by atoms with Gasteiger partial charge in [0.2, 0.25) is 0 Å². The molecule has 1 saturated carbocycles. The molecule has 1 aromatic heterocycles. The highest BCUT2D eigenvalue weighted by molar-refractivity contribution is 14.1. The summed E-state index contributed by atoms with van der Waals surface area (Å²) in [5, 5.41) is 4.17. The molecular formula is C19H29ClIN3. The number of hydrogen-bond acceptors (Lipinski definition) is 3. The molecule has 1 unspecified atom stereocenters. The van der Waals surface area contributed by atoms with Crippen LogP contribution in [0.2, 0.25) is 5.15 Å². The lowest BCUT2D eigenvalue weighted by Crippen LogP contribution is -2.40. The Labute approximate surface area is 165 Å². The zero-order valence-electron chi connectivity index (χ0n) is 15.0. The molecule has 134 valence electrons.